The Bertz CT molecular complexity index is 1080. The molecule has 2 fully saturated rings. The third kappa shape index (κ3) is 9.50. The molecule has 0 spiro atoms. The predicted molar refractivity (Wildman–Crippen MR) is 161 cm³/mol. The average Bonchev–Trinajstić information content (AvgIpc) is 3.44. The van der Waals surface area contributed by atoms with Crippen LogP contribution in [0.2, 0.25) is 0 Å². The Morgan fingerprint density at radius 2 is 1.60 bits per heavy atom. The van der Waals surface area contributed by atoms with Crippen LogP contribution in [-0.2, 0) is 30.3 Å². The first-order valence-electron chi connectivity index (χ1n) is 14.6. The number of hydrogen-bond donors (Lipinski definition) is 3. The number of likely N-dealkylation sites (tertiary alicyclic amines) is 2. The van der Waals surface area contributed by atoms with E-state index in [0.717, 1.165) is 18.4 Å². The highest BCUT2D eigenvalue weighted by Gasteiger charge is 2.42. The van der Waals surface area contributed by atoms with Crippen molar-refractivity contribution in [2.45, 2.75) is 90.1 Å². The zero-order chi connectivity index (χ0) is 30.1. The van der Waals surface area contributed by atoms with Gasteiger partial charge in [0.15, 0.2) is 0 Å². The Balaban J connectivity index is 0.00000616. The minimum Gasteiger partial charge on any atom is -0.457 e. The molecule has 2 heterocycles. The van der Waals surface area contributed by atoms with Crippen LogP contribution in [0.5, 0.6) is 0 Å². The molecule has 3 atom stereocenters. The van der Waals surface area contributed by atoms with Crippen LogP contribution in [0.3, 0.4) is 0 Å². The normalized spacial score (nSPS) is 19.1. The summed E-state index contributed by atoms with van der Waals surface area (Å²) in [6.07, 6.45) is 2.46. The maximum Gasteiger partial charge on any atom is 0.376 e. The number of carbonyl (C=O) groups excluding carboxylic acids is 5. The molecule has 0 saturated carbocycles. The van der Waals surface area contributed by atoms with E-state index in [9.17, 15) is 24.0 Å². The quantitative estimate of drug-likeness (QED) is 0.257. The highest BCUT2D eigenvalue weighted by Crippen LogP contribution is 2.24. The summed E-state index contributed by atoms with van der Waals surface area (Å²) in [5, 5.41) is 8.52. The Hall–Kier alpha value is -3.02. The molecule has 0 unspecified atom stereocenters. The topological polar surface area (TPSA) is 137 Å². The van der Waals surface area contributed by atoms with Crippen LogP contribution in [0.25, 0.3) is 0 Å². The van der Waals surface area contributed by atoms with Crippen molar-refractivity contribution in [3.05, 3.63) is 35.9 Å². The van der Waals surface area contributed by atoms with Crippen LogP contribution in [0.1, 0.15) is 58.9 Å². The van der Waals surface area contributed by atoms with Gasteiger partial charge in [-0.15, -0.1) is 12.4 Å². The smallest absolute Gasteiger partial charge is 0.376 e. The molecule has 1 aromatic rings. The van der Waals surface area contributed by atoms with Gasteiger partial charge in [0.1, 0.15) is 6.04 Å². The van der Waals surface area contributed by atoms with Crippen molar-refractivity contribution in [3.63, 3.8) is 0 Å². The lowest BCUT2D eigenvalue weighted by Crippen LogP contribution is -2.58. The number of ketones is 1. The van der Waals surface area contributed by atoms with Crippen molar-refractivity contribution >= 4 is 42.0 Å². The molecule has 4 amide bonds. The first-order valence-corrected chi connectivity index (χ1v) is 14.6. The number of carbonyl (C=O) groups is 5. The van der Waals surface area contributed by atoms with Crippen LogP contribution < -0.4 is 16.0 Å². The molecule has 2 saturated heterocycles. The number of Topliss-reactive ketones (excluding diaryl/α,β-unsaturated/α-hetero) is 1. The number of nitrogens with zero attached hydrogens (tertiary/aromatic N) is 2. The first kappa shape index (κ1) is 35.2. The summed E-state index contributed by atoms with van der Waals surface area (Å²) in [6, 6.07) is 6.69. The van der Waals surface area contributed by atoms with Gasteiger partial charge in [-0.2, -0.15) is 0 Å². The van der Waals surface area contributed by atoms with E-state index >= 15 is 0 Å². The number of rotatable bonds is 11. The zero-order valence-corrected chi connectivity index (χ0v) is 26.1. The van der Waals surface area contributed by atoms with Crippen molar-refractivity contribution < 1.29 is 28.7 Å². The molecule has 1 aromatic carbocycles. The second-order valence-electron chi connectivity index (χ2n) is 11.5. The summed E-state index contributed by atoms with van der Waals surface area (Å²) in [6.45, 7) is 8.52. The van der Waals surface area contributed by atoms with Crippen molar-refractivity contribution in [1.82, 2.24) is 25.8 Å². The van der Waals surface area contributed by atoms with Gasteiger partial charge in [-0.3, -0.25) is 24.6 Å². The fourth-order valence-electron chi connectivity index (χ4n) is 5.46. The fourth-order valence-corrected chi connectivity index (χ4v) is 5.46. The Kier molecular flexibility index (Phi) is 13.9. The lowest BCUT2D eigenvalue weighted by Gasteiger charge is -2.34. The van der Waals surface area contributed by atoms with E-state index in [4.69, 9.17) is 4.74 Å². The van der Waals surface area contributed by atoms with E-state index in [-0.39, 0.29) is 30.8 Å². The van der Waals surface area contributed by atoms with E-state index in [1.165, 1.54) is 0 Å². The van der Waals surface area contributed by atoms with E-state index in [1.807, 2.05) is 37.4 Å². The number of halogens is 1. The number of esters is 1. The molecule has 42 heavy (non-hydrogen) atoms. The summed E-state index contributed by atoms with van der Waals surface area (Å²) in [5.74, 6) is -3.07. The Morgan fingerprint density at radius 1 is 0.952 bits per heavy atom. The molecule has 0 radical (unpaired) electrons. The molecule has 2 aliphatic heterocycles. The first-order chi connectivity index (χ1) is 19.5. The van der Waals surface area contributed by atoms with Gasteiger partial charge in [-0.1, -0.05) is 44.2 Å². The van der Waals surface area contributed by atoms with E-state index in [2.05, 4.69) is 16.0 Å². The third-order valence-corrected chi connectivity index (χ3v) is 7.78. The number of benzene rings is 1. The molecule has 2 aliphatic rings. The molecule has 234 valence electrons. The molecular weight excluding hydrogens is 562 g/mol. The van der Waals surface area contributed by atoms with Gasteiger partial charge in [0.25, 0.3) is 5.78 Å². The van der Waals surface area contributed by atoms with Crippen LogP contribution in [-0.4, -0.2) is 96.4 Å². The zero-order valence-electron chi connectivity index (χ0n) is 25.3. The molecule has 0 aromatic heterocycles. The lowest BCUT2D eigenvalue weighted by atomic mass is 9.99. The molecule has 12 heteroatoms. The van der Waals surface area contributed by atoms with E-state index in [1.54, 1.807) is 37.5 Å². The van der Waals surface area contributed by atoms with Gasteiger partial charge in [-0.05, 0) is 71.0 Å². The predicted octanol–water partition coefficient (Wildman–Crippen LogP) is 2.07. The largest absolute Gasteiger partial charge is 0.457 e. The molecule has 3 N–H and O–H groups in total. The second-order valence-corrected chi connectivity index (χ2v) is 11.5. The number of nitrogens with one attached hydrogen (secondary N) is 3. The maximum absolute atomic E-state index is 13.4. The van der Waals surface area contributed by atoms with Gasteiger partial charge in [0.05, 0.1) is 18.2 Å². The number of amides is 4. The lowest BCUT2D eigenvalue weighted by molar-refractivity contribution is -0.159. The summed E-state index contributed by atoms with van der Waals surface area (Å²) in [7, 11) is 1.90. The van der Waals surface area contributed by atoms with Crippen LogP contribution in [0, 0.1) is 5.92 Å². The SMILES string of the molecule is CNC1CCN(C(=O)N[C@H](C(=O)NC(=O)[C@@H]2CCCN2[C@@H](Cc2ccccc2)C(=O)C(=O)OC(C)C)C(C)C)CC1.Cl. The molecular formula is C30H46ClN5O6. The molecule has 11 nitrogen and oxygen atoms in total. The minimum absolute atomic E-state index is 0. The average molecular weight is 608 g/mol. The summed E-state index contributed by atoms with van der Waals surface area (Å²) >= 11 is 0. The van der Waals surface area contributed by atoms with Crippen molar-refractivity contribution in [1.29, 1.82) is 0 Å². The number of ether oxygens (including phenoxy) is 1. The monoisotopic (exact) mass is 607 g/mol. The van der Waals surface area contributed by atoms with Gasteiger partial charge in [-0.25, -0.2) is 9.59 Å². The number of hydrogen-bond acceptors (Lipinski definition) is 8. The van der Waals surface area contributed by atoms with Gasteiger partial charge >= 0.3 is 12.0 Å². The standard InChI is InChI=1S/C30H45N5O6.ClH/c1-19(2)25(32-30(40)34-16-13-22(31-5)14-17-34)28(38)33-27(37)23-12-9-15-35(23)24(18-21-10-7-6-8-11-21)26(36)29(39)41-20(3)4;/h6-8,10-11,19-20,22-25,31H,9,12-18H2,1-5H3,(H,32,40)(H,33,37,38);1H/t23-,24-,25-;/m0./s1. The second kappa shape index (κ2) is 16.6. The van der Waals surface area contributed by atoms with Crippen LogP contribution in [0.15, 0.2) is 30.3 Å². The van der Waals surface area contributed by atoms with Gasteiger partial charge in [0.2, 0.25) is 11.8 Å². The Morgan fingerprint density at radius 3 is 2.17 bits per heavy atom. The highest BCUT2D eigenvalue weighted by molar-refractivity contribution is 6.35. The molecule has 0 aliphatic carbocycles. The third-order valence-electron chi connectivity index (χ3n) is 7.78. The van der Waals surface area contributed by atoms with Crippen molar-refractivity contribution in [2.75, 3.05) is 26.7 Å². The van der Waals surface area contributed by atoms with Crippen molar-refractivity contribution in [2.24, 2.45) is 5.92 Å². The number of imide groups is 1. The Labute approximate surface area is 254 Å². The van der Waals surface area contributed by atoms with Crippen LogP contribution in [0.4, 0.5) is 4.79 Å². The summed E-state index contributed by atoms with van der Waals surface area (Å²) < 4.78 is 5.19. The van der Waals surface area contributed by atoms with Gasteiger partial charge < -0.3 is 20.3 Å². The fraction of sp³-hybridized carbons (Fsp3) is 0.633. The van der Waals surface area contributed by atoms with E-state index < -0.39 is 47.8 Å². The summed E-state index contributed by atoms with van der Waals surface area (Å²) in [4.78, 5) is 69.0. The summed E-state index contributed by atoms with van der Waals surface area (Å²) in [5.41, 5.74) is 0.840. The van der Waals surface area contributed by atoms with Crippen LogP contribution >= 0.6 is 12.4 Å². The van der Waals surface area contributed by atoms with E-state index in [0.29, 0.717) is 38.5 Å². The highest BCUT2D eigenvalue weighted by atomic mass is 35.5. The minimum atomic E-state index is -0.940. The maximum atomic E-state index is 13.4. The molecule has 0 bridgehead atoms. The van der Waals surface area contributed by atoms with Gasteiger partial charge in [0, 0.05) is 19.1 Å². The van der Waals surface area contributed by atoms with Crippen molar-refractivity contribution in [3.8, 4) is 0 Å². The number of urea groups is 1. The number of piperidine rings is 1. The molecule has 3 rings (SSSR count).